The van der Waals surface area contributed by atoms with Crippen molar-refractivity contribution in [1.82, 2.24) is 10.3 Å². The Kier molecular flexibility index (Phi) is 7.84. The maximum Gasteiger partial charge on any atom is 0.425 e. The first kappa shape index (κ1) is 25.1. The van der Waals surface area contributed by atoms with Gasteiger partial charge in [0.2, 0.25) is 0 Å². The topological polar surface area (TPSA) is 118 Å². The molecule has 0 aliphatic heterocycles. The van der Waals surface area contributed by atoms with Crippen molar-refractivity contribution in [3.63, 3.8) is 0 Å². The fourth-order valence-electron chi connectivity index (χ4n) is 2.74. The molecule has 3 amide bonds. The van der Waals surface area contributed by atoms with E-state index in [1.807, 2.05) is 0 Å². The zero-order chi connectivity index (χ0) is 24.1. The molecule has 32 heavy (non-hydrogen) atoms. The number of carbonyl (C=O) groups excluding carboxylic acids is 2. The maximum absolute atomic E-state index is 12.5. The van der Waals surface area contributed by atoms with Gasteiger partial charge in [0.25, 0.3) is 0 Å². The van der Waals surface area contributed by atoms with Gasteiger partial charge in [0.1, 0.15) is 5.60 Å². The van der Waals surface area contributed by atoms with E-state index in [1.165, 1.54) is 6.20 Å². The molecule has 0 saturated carbocycles. The zero-order valence-electron chi connectivity index (χ0n) is 19.4. The average molecular weight is 462 g/mol. The molecule has 0 saturated heterocycles. The highest BCUT2D eigenvalue weighted by Crippen LogP contribution is 2.27. The van der Waals surface area contributed by atoms with Crippen LogP contribution in [0.1, 0.15) is 26.3 Å². The van der Waals surface area contributed by atoms with E-state index < -0.39 is 32.0 Å². The molecule has 2 N–H and O–H groups in total. The summed E-state index contributed by atoms with van der Waals surface area (Å²) in [6.45, 7) is 12.2. The summed E-state index contributed by atoms with van der Waals surface area (Å²) in [5.74, 6) is -0.0467. The number of carbonyl (C=O) groups is 3. The summed E-state index contributed by atoms with van der Waals surface area (Å²) in [5, 5.41) is 13.4. The highest BCUT2D eigenvalue weighted by Gasteiger charge is 2.30. The number of imide groups is 1. The molecule has 1 aromatic heterocycles. The van der Waals surface area contributed by atoms with Gasteiger partial charge in [-0.1, -0.05) is 31.8 Å². The Morgan fingerprint density at radius 3 is 2.44 bits per heavy atom. The van der Waals surface area contributed by atoms with Crippen molar-refractivity contribution in [2.24, 2.45) is 0 Å². The maximum atomic E-state index is 12.5. The summed E-state index contributed by atoms with van der Waals surface area (Å²) in [6, 6.07) is 7.77. The predicted molar refractivity (Wildman–Crippen MR) is 125 cm³/mol. The van der Waals surface area contributed by atoms with E-state index >= 15 is 0 Å². The molecule has 0 radical (unpaired) electrons. The molecule has 0 bridgehead atoms. The third-order valence-corrected chi connectivity index (χ3v) is 6.01. The molecule has 2 rings (SSSR count). The van der Waals surface area contributed by atoms with Gasteiger partial charge in [0, 0.05) is 26.2 Å². The van der Waals surface area contributed by atoms with Crippen molar-refractivity contribution in [1.29, 1.82) is 0 Å². The molecular weight excluding hydrogens is 430 g/mol. The number of carboxylic acid groups (broad SMARTS) is 1. The lowest BCUT2D eigenvalue weighted by molar-refractivity contribution is 0.0581. The number of hydrogen-bond acceptors (Lipinski definition) is 6. The number of anilines is 1. The molecule has 0 aliphatic rings. The summed E-state index contributed by atoms with van der Waals surface area (Å²) < 4.78 is 10.4. The van der Waals surface area contributed by atoms with Crippen molar-refractivity contribution in [3.8, 4) is 0 Å². The fourth-order valence-corrected chi connectivity index (χ4v) is 3.45. The van der Waals surface area contributed by atoms with Crippen LogP contribution in [0.3, 0.4) is 0 Å². The number of nitrogens with zero attached hydrogens (tertiary/aromatic N) is 2. The van der Waals surface area contributed by atoms with Crippen LogP contribution in [0.25, 0.3) is 10.8 Å². The molecule has 0 aliphatic carbocycles. The fraction of sp³-hybridized carbons (Fsp3) is 0.455. The molecule has 0 spiro atoms. The largest absolute Gasteiger partial charge is 0.464 e. The minimum absolute atomic E-state index is 0.0467. The van der Waals surface area contributed by atoms with Gasteiger partial charge in [-0.15, -0.1) is 0 Å². The molecule has 0 unspecified atom stereocenters. The van der Waals surface area contributed by atoms with Crippen molar-refractivity contribution >= 4 is 42.9 Å². The van der Waals surface area contributed by atoms with Crippen molar-refractivity contribution < 1.29 is 29.0 Å². The van der Waals surface area contributed by atoms with E-state index in [-0.39, 0.29) is 12.4 Å². The van der Waals surface area contributed by atoms with Crippen LogP contribution in [0, 0.1) is 0 Å². The lowest BCUT2D eigenvalue weighted by Crippen LogP contribution is -2.40. The van der Waals surface area contributed by atoms with Crippen molar-refractivity contribution in [2.45, 2.75) is 58.6 Å². The first-order chi connectivity index (χ1) is 14.8. The second-order valence-electron chi connectivity index (χ2n) is 9.59. The second-order valence-corrected chi connectivity index (χ2v) is 15.2. The summed E-state index contributed by atoms with van der Waals surface area (Å²) in [5.41, 5.74) is -0.0753. The number of nitrogens with one attached hydrogen (secondary N) is 1. The minimum atomic E-state index is -1.49. The number of amides is 3. The van der Waals surface area contributed by atoms with Crippen LogP contribution in [0.2, 0.25) is 25.7 Å². The Morgan fingerprint density at radius 2 is 1.84 bits per heavy atom. The molecule has 0 atom stereocenters. The number of ether oxygens (including phenoxy) is 2. The van der Waals surface area contributed by atoms with Crippen LogP contribution < -0.4 is 10.2 Å². The first-order valence-electron chi connectivity index (χ1n) is 10.3. The normalized spacial score (nSPS) is 11.7. The van der Waals surface area contributed by atoms with E-state index in [2.05, 4.69) is 29.9 Å². The Hall–Kier alpha value is -3.14. The highest BCUT2D eigenvalue weighted by molar-refractivity contribution is 6.76. The minimum Gasteiger partial charge on any atom is -0.464 e. The Labute approximate surface area is 188 Å². The van der Waals surface area contributed by atoms with Crippen LogP contribution >= 0.6 is 0 Å². The summed E-state index contributed by atoms with van der Waals surface area (Å²) in [7, 11) is -1.28. The quantitative estimate of drug-likeness (QED) is 0.566. The number of rotatable bonds is 6. The second kappa shape index (κ2) is 9.99. The highest BCUT2D eigenvalue weighted by atomic mass is 28.3. The van der Waals surface area contributed by atoms with E-state index in [1.54, 1.807) is 45.0 Å². The molecule has 10 heteroatoms. The van der Waals surface area contributed by atoms with Gasteiger partial charge < -0.3 is 19.9 Å². The third kappa shape index (κ3) is 7.52. The van der Waals surface area contributed by atoms with E-state index in [0.717, 1.165) is 11.6 Å². The van der Waals surface area contributed by atoms with Crippen LogP contribution in [-0.4, -0.2) is 48.7 Å². The van der Waals surface area contributed by atoms with E-state index in [9.17, 15) is 19.5 Å². The standard InChI is InChI=1S/C22H31N3O6Si/c1-22(2,3)31-21(29)25(20(27)28)18-17-8-7-15(13-16(17)9-10-23-18)14-24-19(26)30-11-12-32(4,5)6/h7-10,13H,11-12,14H2,1-6H3,(H,24,26)(H,27,28). The Bertz CT molecular complexity index is 997. The predicted octanol–water partition coefficient (Wildman–Crippen LogP) is 5.22. The number of alkyl carbamates (subject to hydrolysis) is 1. The average Bonchev–Trinajstić information content (AvgIpc) is 2.63. The van der Waals surface area contributed by atoms with Crippen LogP contribution in [0.4, 0.5) is 20.2 Å². The van der Waals surface area contributed by atoms with Crippen LogP contribution in [0.15, 0.2) is 30.5 Å². The third-order valence-electron chi connectivity index (χ3n) is 4.31. The number of fused-ring (bicyclic) bond motifs is 1. The first-order valence-corrected chi connectivity index (χ1v) is 14.0. The number of benzene rings is 1. The van der Waals surface area contributed by atoms with Gasteiger partial charge in [-0.25, -0.2) is 19.4 Å². The number of pyridine rings is 1. The lowest BCUT2D eigenvalue weighted by atomic mass is 10.1. The molecule has 9 nitrogen and oxygen atoms in total. The van der Waals surface area contributed by atoms with Gasteiger partial charge in [0.15, 0.2) is 5.82 Å². The molecule has 2 aromatic rings. The Morgan fingerprint density at radius 1 is 1.16 bits per heavy atom. The summed E-state index contributed by atoms with van der Waals surface area (Å²) in [6.07, 6.45) is -1.59. The van der Waals surface area contributed by atoms with E-state index in [0.29, 0.717) is 22.3 Å². The molecule has 174 valence electrons. The SMILES string of the molecule is CC(C)(C)OC(=O)N(C(=O)O)c1nccc2cc(CNC(=O)OCC[Si](C)(C)C)ccc12. The smallest absolute Gasteiger partial charge is 0.425 e. The van der Waals surface area contributed by atoms with Crippen LogP contribution in [0.5, 0.6) is 0 Å². The summed E-state index contributed by atoms with van der Waals surface area (Å²) >= 11 is 0. The zero-order valence-corrected chi connectivity index (χ0v) is 20.4. The van der Waals surface area contributed by atoms with Crippen molar-refractivity contribution in [2.75, 3.05) is 11.5 Å². The van der Waals surface area contributed by atoms with Gasteiger partial charge in [-0.3, -0.25) is 0 Å². The van der Waals surface area contributed by atoms with Gasteiger partial charge in [0.05, 0.1) is 6.61 Å². The Balaban J connectivity index is 2.17. The van der Waals surface area contributed by atoms with Gasteiger partial charge in [-0.05, 0) is 49.9 Å². The van der Waals surface area contributed by atoms with Crippen LogP contribution in [-0.2, 0) is 16.0 Å². The number of hydrogen-bond donors (Lipinski definition) is 2. The number of aromatic nitrogens is 1. The van der Waals surface area contributed by atoms with Gasteiger partial charge >= 0.3 is 18.3 Å². The summed E-state index contributed by atoms with van der Waals surface area (Å²) in [4.78, 5) is 40.8. The monoisotopic (exact) mass is 461 g/mol. The lowest BCUT2D eigenvalue weighted by Gasteiger charge is -2.24. The van der Waals surface area contributed by atoms with Crippen molar-refractivity contribution in [3.05, 3.63) is 36.0 Å². The van der Waals surface area contributed by atoms with Gasteiger partial charge in [-0.2, -0.15) is 4.90 Å². The van der Waals surface area contributed by atoms with E-state index in [4.69, 9.17) is 9.47 Å². The molecule has 1 aromatic carbocycles. The molecular formula is C22H31N3O6Si. The molecule has 1 heterocycles. The molecule has 0 fully saturated rings.